The summed E-state index contributed by atoms with van der Waals surface area (Å²) in [6.45, 7) is 5.83. The van der Waals surface area contributed by atoms with Gasteiger partial charge < -0.3 is 5.32 Å². The fourth-order valence-corrected chi connectivity index (χ4v) is 3.35. The van der Waals surface area contributed by atoms with Crippen LogP contribution < -0.4 is 10.9 Å². The highest BCUT2D eigenvalue weighted by molar-refractivity contribution is 5.90. The van der Waals surface area contributed by atoms with Crippen LogP contribution in [0.1, 0.15) is 31.2 Å². The summed E-state index contributed by atoms with van der Waals surface area (Å²) in [5.74, 6) is 0.593. The number of carbonyl (C=O) groups is 1. The standard InChI is InChI=1S/C23H23N5O2/c1-15(2)17-9-11-18(12-10-17)26-21(29)14-27-16(3)25-22-20(23(27)30)13-24-28(22)19-7-5-4-6-8-19/h4-13,15H,14H2,1-3H3,(H,26,29). The molecule has 0 aliphatic rings. The number of aryl methyl sites for hydroxylation is 1. The third-order valence-corrected chi connectivity index (χ3v) is 5.04. The summed E-state index contributed by atoms with van der Waals surface area (Å²) in [4.78, 5) is 30.1. The summed E-state index contributed by atoms with van der Waals surface area (Å²) in [7, 11) is 0. The van der Waals surface area contributed by atoms with Crippen LogP contribution in [-0.4, -0.2) is 25.2 Å². The molecule has 0 bridgehead atoms. The Morgan fingerprint density at radius 1 is 1.07 bits per heavy atom. The number of fused-ring (bicyclic) bond motifs is 1. The number of aromatic nitrogens is 4. The molecule has 2 aromatic heterocycles. The first-order chi connectivity index (χ1) is 14.4. The minimum atomic E-state index is -0.287. The van der Waals surface area contributed by atoms with Gasteiger partial charge in [0, 0.05) is 5.69 Å². The van der Waals surface area contributed by atoms with E-state index in [2.05, 4.69) is 29.2 Å². The number of rotatable bonds is 5. The van der Waals surface area contributed by atoms with Gasteiger partial charge in [-0.25, -0.2) is 9.67 Å². The largest absolute Gasteiger partial charge is 0.325 e. The average Bonchev–Trinajstić information content (AvgIpc) is 3.16. The molecule has 0 saturated carbocycles. The summed E-state index contributed by atoms with van der Waals surface area (Å²) in [6, 6.07) is 17.2. The number of benzene rings is 2. The highest BCUT2D eigenvalue weighted by Gasteiger charge is 2.16. The minimum absolute atomic E-state index is 0.115. The van der Waals surface area contributed by atoms with Gasteiger partial charge in [-0.3, -0.25) is 14.2 Å². The summed E-state index contributed by atoms with van der Waals surface area (Å²) in [5.41, 5.74) is 2.90. The van der Waals surface area contributed by atoms with Crippen molar-refractivity contribution in [2.24, 2.45) is 0 Å². The predicted molar refractivity (Wildman–Crippen MR) is 117 cm³/mol. The van der Waals surface area contributed by atoms with Gasteiger partial charge in [-0.2, -0.15) is 5.10 Å². The predicted octanol–water partition coefficient (Wildman–Crippen LogP) is 3.65. The molecule has 0 radical (unpaired) electrons. The SMILES string of the molecule is Cc1nc2c(cnn2-c2ccccc2)c(=O)n1CC(=O)Nc1ccc(C(C)C)cc1. The Balaban J connectivity index is 1.60. The minimum Gasteiger partial charge on any atom is -0.325 e. The van der Waals surface area contributed by atoms with E-state index >= 15 is 0 Å². The zero-order valence-corrected chi connectivity index (χ0v) is 17.2. The van der Waals surface area contributed by atoms with Crippen LogP contribution in [0, 0.1) is 6.92 Å². The van der Waals surface area contributed by atoms with Crippen molar-refractivity contribution in [3.8, 4) is 5.69 Å². The van der Waals surface area contributed by atoms with Gasteiger partial charge in [-0.05, 0) is 42.7 Å². The van der Waals surface area contributed by atoms with Gasteiger partial charge in [0.25, 0.3) is 5.56 Å². The Bertz CT molecular complexity index is 1250. The van der Waals surface area contributed by atoms with Crippen LogP contribution in [0.2, 0.25) is 0 Å². The van der Waals surface area contributed by atoms with E-state index in [9.17, 15) is 9.59 Å². The van der Waals surface area contributed by atoms with Crippen LogP contribution in [-0.2, 0) is 11.3 Å². The summed E-state index contributed by atoms with van der Waals surface area (Å²) < 4.78 is 3.00. The molecule has 0 aliphatic carbocycles. The molecule has 0 saturated heterocycles. The first-order valence-corrected chi connectivity index (χ1v) is 9.84. The Morgan fingerprint density at radius 3 is 2.43 bits per heavy atom. The van der Waals surface area contributed by atoms with Gasteiger partial charge in [-0.15, -0.1) is 0 Å². The molecule has 152 valence electrons. The van der Waals surface area contributed by atoms with Crippen molar-refractivity contribution < 1.29 is 4.79 Å². The Labute approximate surface area is 174 Å². The molecular weight excluding hydrogens is 378 g/mol. The second-order valence-electron chi connectivity index (χ2n) is 7.50. The maximum atomic E-state index is 13.0. The number of para-hydroxylation sites is 1. The molecule has 7 nitrogen and oxygen atoms in total. The van der Waals surface area contributed by atoms with E-state index in [-0.39, 0.29) is 18.0 Å². The van der Waals surface area contributed by atoms with Gasteiger partial charge in [0.15, 0.2) is 5.65 Å². The fraction of sp³-hybridized carbons (Fsp3) is 0.217. The number of hydrogen-bond donors (Lipinski definition) is 1. The first-order valence-electron chi connectivity index (χ1n) is 9.84. The fourth-order valence-electron chi connectivity index (χ4n) is 3.35. The van der Waals surface area contributed by atoms with Crippen LogP contribution in [0.5, 0.6) is 0 Å². The lowest BCUT2D eigenvalue weighted by molar-refractivity contribution is -0.116. The van der Waals surface area contributed by atoms with Crippen LogP contribution in [0.15, 0.2) is 65.6 Å². The zero-order valence-electron chi connectivity index (χ0n) is 17.2. The number of nitrogens with one attached hydrogen (secondary N) is 1. The second kappa shape index (κ2) is 7.94. The van der Waals surface area contributed by atoms with Crippen molar-refractivity contribution in [1.82, 2.24) is 19.3 Å². The van der Waals surface area contributed by atoms with E-state index in [1.54, 1.807) is 11.6 Å². The Hall–Kier alpha value is -3.74. The van der Waals surface area contributed by atoms with Crippen LogP contribution >= 0.6 is 0 Å². The smallest absolute Gasteiger partial charge is 0.265 e. The molecule has 2 heterocycles. The molecule has 0 aliphatic heterocycles. The Kier molecular flexibility index (Phi) is 5.18. The molecule has 0 spiro atoms. The molecule has 1 N–H and O–H groups in total. The first kappa shape index (κ1) is 19.6. The highest BCUT2D eigenvalue weighted by Crippen LogP contribution is 2.17. The van der Waals surface area contributed by atoms with Gasteiger partial charge in [0.2, 0.25) is 5.91 Å². The summed E-state index contributed by atoms with van der Waals surface area (Å²) in [6.07, 6.45) is 1.50. The number of carbonyl (C=O) groups excluding carboxylic acids is 1. The van der Waals surface area contributed by atoms with Crippen LogP contribution in [0.25, 0.3) is 16.7 Å². The van der Waals surface area contributed by atoms with E-state index in [4.69, 9.17) is 0 Å². The van der Waals surface area contributed by atoms with E-state index in [0.29, 0.717) is 28.5 Å². The lowest BCUT2D eigenvalue weighted by atomic mass is 10.0. The zero-order chi connectivity index (χ0) is 21.3. The topological polar surface area (TPSA) is 81.8 Å². The molecular formula is C23H23N5O2. The lowest BCUT2D eigenvalue weighted by Crippen LogP contribution is -2.30. The van der Waals surface area contributed by atoms with Gasteiger partial charge >= 0.3 is 0 Å². The number of hydrogen-bond acceptors (Lipinski definition) is 4. The van der Waals surface area contributed by atoms with E-state index in [0.717, 1.165) is 5.69 Å². The highest BCUT2D eigenvalue weighted by atomic mass is 16.2. The molecule has 0 unspecified atom stereocenters. The van der Waals surface area contributed by atoms with Crippen molar-refractivity contribution in [2.75, 3.05) is 5.32 Å². The number of anilines is 1. The van der Waals surface area contributed by atoms with E-state index in [1.807, 2.05) is 54.6 Å². The maximum Gasteiger partial charge on any atom is 0.265 e. The van der Waals surface area contributed by atoms with Crippen LogP contribution in [0.4, 0.5) is 5.69 Å². The van der Waals surface area contributed by atoms with Crippen molar-refractivity contribution in [2.45, 2.75) is 33.2 Å². The van der Waals surface area contributed by atoms with Crippen molar-refractivity contribution in [3.05, 3.63) is 82.5 Å². The van der Waals surface area contributed by atoms with Crippen LogP contribution in [0.3, 0.4) is 0 Å². The van der Waals surface area contributed by atoms with Gasteiger partial charge in [0.05, 0.1) is 11.9 Å². The number of nitrogens with zero attached hydrogens (tertiary/aromatic N) is 4. The quantitative estimate of drug-likeness (QED) is 0.553. The molecule has 1 amide bonds. The molecule has 4 rings (SSSR count). The lowest BCUT2D eigenvalue weighted by Gasteiger charge is -2.11. The number of amides is 1. The van der Waals surface area contributed by atoms with Crippen molar-refractivity contribution in [3.63, 3.8) is 0 Å². The average molecular weight is 401 g/mol. The molecule has 0 atom stereocenters. The summed E-state index contributed by atoms with van der Waals surface area (Å²) in [5, 5.41) is 7.53. The third kappa shape index (κ3) is 3.74. The van der Waals surface area contributed by atoms with Gasteiger partial charge in [0.1, 0.15) is 17.8 Å². The monoisotopic (exact) mass is 401 g/mol. The van der Waals surface area contributed by atoms with Crippen molar-refractivity contribution in [1.29, 1.82) is 0 Å². The third-order valence-electron chi connectivity index (χ3n) is 5.04. The maximum absolute atomic E-state index is 13.0. The molecule has 7 heteroatoms. The molecule has 4 aromatic rings. The molecule has 30 heavy (non-hydrogen) atoms. The van der Waals surface area contributed by atoms with E-state index in [1.165, 1.54) is 16.3 Å². The normalized spacial score (nSPS) is 11.2. The Morgan fingerprint density at radius 2 is 1.77 bits per heavy atom. The van der Waals surface area contributed by atoms with Gasteiger partial charge in [-0.1, -0.05) is 44.2 Å². The van der Waals surface area contributed by atoms with E-state index < -0.39 is 0 Å². The molecule has 0 fully saturated rings. The van der Waals surface area contributed by atoms with Crippen molar-refractivity contribution >= 4 is 22.6 Å². The summed E-state index contributed by atoms with van der Waals surface area (Å²) >= 11 is 0. The molecule has 2 aromatic carbocycles. The second-order valence-corrected chi connectivity index (χ2v) is 7.50.